The van der Waals surface area contributed by atoms with Gasteiger partial charge in [-0.05, 0) is 6.92 Å². The Morgan fingerprint density at radius 3 is 2.20 bits per heavy atom. The molecule has 2 atom stereocenters. The van der Waals surface area contributed by atoms with Crippen LogP contribution in [0.15, 0.2) is 0 Å². The van der Waals surface area contributed by atoms with Gasteiger partial charge < -0.3 is 14.3 Å². The smallest absolute Gasteiger partial charge is 0.215 e. The van der Waals surface area contributed by atoms with Gasteiger partial charge in [-0.1, -0.05) is 0 Å². The van der Waals surface area contributed by atoms with Crippen LogP contribution in [0.4, 0.5) is 0 Å². The van der Waals surface area contributed by atoms with Crippen LogP contribution >= 0.6 is 0 Å². The first-order chi connectivity index (χ1) is 4.74. The van der Waals surface area contributed by atoms with Crippen LogP contribution < -0.4 is 0 Å². The van der Waals surface area contributed by atoms with E-state index in [4.69, 9.17) is 4.74 Å². The Morgan fingerprint density at radius 1 is 1.30 bits per heavy atom. The van der Waals surface area contributed by atoms with Crippen molar-refractivity contribution in [3.63, 3.8) is 0 Å². The van der Waals surface area contributed by atoms with Crippen LogP contribution in [-0.4, -0.2) is 32.1 Å². The summed E-state index contributed by atoms with van der Waals surface area (Å²) in [5, 5.41) is 0. The van der Waals surface area contributed by atoms with Gasteiger partial charge in [-0.3, -0.25) is 4.79 Å². The summed E-state index contributed by atoms with van der Waals surface area (Å²) in [5.41, 5.74) is 0. The summed E-state index contributed by atoms with van der Waals surface area (Å²) in [4.78, 5) is 20.0. The van der Waals surface area contributed by atoms with E-state index in [0.29, 0.717) is 12.6 Å². The lowest BCUT2D eigenvalue weighted by Crippen LogP contribution is -2.23. The molecule has 0 saturated carbocycles. The maximum absolute atomic E-state index is 10.0. The second kappa shape index (κ2) is 5.08. The molecule has 0 aliphatic heterocycles. The third-order valence-electron chi connectivity index (χ3n) is 0.884. The Labute approximate surface area is 59.1 Å². The Hall–Kier alpha value is -0.740. The molecular formula is C6H10O4. The maximum atomic E-state index is 10.0. The predicted octanol–water partition coefficient (Wildman–Crippen LogP) is -0.238. The molecule has 0 fully saturated rings. The summed E-state index contributed by atoms with van der Waals surface area (Å²) >= 11 is 0. The number of hydrogen-bond donors (Lipinski definition) is 0. The molecule has 0 radical (unpaired) electrons. The minimum atomic E-state index is -0.930. The summed E-state index contributed by atoms with van der Waals surface area (Å²) in [6, 6.07) is 0. The molecule has 0 N–H and O–H groups in total. The number of rotatable bonds is 5. The highest BCUT2D eigenvalue weighted by Gasteiger charge is 2.08. The summed E-state index contributed by atoms with van der Waals surface area (Å²) in [6.07, 6.45) is -0.453. The van der Waals surface area contributed by atoms with Gasteiger partial charge in [-0.25, -0.2) is 0 Å². The van der Waals surface area contributed by atoms with Crippen LogP contribution in [0.5, 0.6) is 0 Å². The molecule has 0 amide bonds. The Bertz CT molecular complexity index is 112. The lowest BCUT2D eigenvalue weighted by Gasteiger charge is -2.10. The molecule has 0 aromatic carbocycles. The molecule has 58 valence electrons. The standard InChI is InChI=1S/C6H10O4/c1-5(3-7)10-6(4-8)9-2/h3-6H,1-2H3. The van der Waals surface area contributed by atoms with Gasteiger partial charge in [0.15, 0.2) is 6.29 Å². The Kier molecular flexibility index (Phi) is 4.70. The van der Waals surface area contributed by atoms with E-state index in [2.05, 4.69) is 4.74 Å². The Morgan fingerprint density at radius 2 is 1.90 bits per heavy atom. The maximum Gasteiger partial charge on any atom is 0.215 e. The van der Waals surface area contributed by atoms with Gasteiger partial charge in [-0.15, -0.1) is 0 Å². The molecule has 0 aliphatic rings. The molecule has 0 aromatic rings. The van der Waals surface area contributed by atoms with Gasteiger partial charge in [0.05, 0.1) is 0 Å². The zero-order chi connectivity index (χ0) is 7.98. The molecule has 0 spiro atoms. The van der Waals surface area contributed by atoms with E-state index in [9.17, 15) is 9.59 Å². The monoisotopic (exact) mass is 146 g/mol. The third kappa shape index (κ3) is 3.32. The van der Waals surface area contributed by atoms with Crippen molar-refractivity contribution in [2.45, 2.75) is 19.3 Å². The van der Waals surface area contributed by atoms with Gasteiger partial charge in [0.1, 0.15) is 12.4 Å². The second-order valence-electron chi connectivity index (χ2n) is 1.72. The summed E-state index contributed by atoms with van der Waals surface area (Å²) in [7, 11) is 1.33. The highest BCUT2D eigenvalue weighted by atomic mass is 16.7. The van der Waals surface area contributed by atoms with E-state index >= 15 is 0 Å². The van der Waals surface area contributed by atoms with E-state index in [1.807, 2.05) is 0 Å². The zero-order valence-electron chi connectivity index (χ0n) is 5.94. The first-order valence-electron chi connectivity index (χ1n) is 2.83. The van der Waals surface area contributed by atoms with Crippen molar-refractivity contribution in [3.05, 3.63) is 0 Å². The van der Waals surface area contributed by atoms with E-state index in [1.165, 1.54) is 14.0 Å². The van der Waals surface area contributed by atoms with Crippen LogP contribution in [0.3, 0.4) is 0 Å². The third-order valence-corrected chi connectivity index (χ3v) is 0.884. The molecular weight excluding hydrogens is 136 g/mol. The number of ether oxygens (including phenoxy) is 2. The molecule has 0 aliphatic carbocycles. The average Bonchev–Trinajstić information content (AvgIpc) is 1.99. The van der Waals surface area contributed by atoms with Crippen LogP contribution in [0.2, 0.25) is 0 Å². The number of carbonyl (C=O) groups is 2. The summed E-state index contributed by atoms with van der Waals surface area (Å²) < 4.78 is 9.26. The highest BCUT2D eigenvalue weighted by molar-refractivity contribution is 5.57. The van der Waals surface area contributed by atoms with Crippen LogP contribution in [0, 0.1) is 0 Å². The largest absolute Gasteiger partial charge is 0.350 e. The molecule has 0 heterocycles. The predicted molar refractivity (Wildman–Crippen MR) is 33.5 cm³/mol. The molecule has 10 heavy (non-hydrogen) atoms. The number of carbonyl (C=O) groups excluding carboxylic acids is 2. The number of aldehydes is 2. The van der Waals surface area contributed by atoms with Crippen molar-refractivity contribution in [3.8, 4) is 0 Å². The molecule has 0 bridgehead atoms. The fourth-order valence-corrected chi connectivity index (χ4v) is 0.387. The van der Waals surface area contributed by atoms with E-state index in [1.54, 1.807) is 0 Å². The highest BCUT2D eigenvalue weighted by Crippen LogP contribution is 1.93. The van der Waals surface area contributed by atoms with Crippen molar-refractivity contribution >= 4 is 12.6 Å². The van der Waals surface area contributed by atoms with Crippen molar-refractivity contribution in [1.29, 1.82) is 0 Å². The van der Waals surface area contributed by atoms with E-state index in [0.717, 1.165) is 0 Å². The van der Waals surface area contributed by atoms with Gasteiger partial charge in [-0.2, -0.15) is 0 Å². The van der Waals surface area contributed by atoms with Crippen molar-refractivity contribution in [2.75, 3.05) is 7.11 Å². The number of methoxy groups -OCH3 is 1. The molecule has 2 unspecified atom stereocenters. The second-order valence-corrected chi connectivity index (χ2v) is 1.72. The number of hydrogen-bond acceptors (Lipinski definition) is 4. The topological polar surface area (TPSA) is 52.6 Å². The first-order valence-corrected chi connectivity index (χ1v) is 2.83. The van der Waals surface area contributed by atoms with Crippen LogP contribution in [0.25, 0.3) is 0 Å². The molecule has 0 saturated heterocycles. The van der Waals surface area contributed by atoms with Gasteiger partial charge >= 0.3 is 0 Å². The fraction of sp³-hybridized carbons (Fsp3) is 0.667. The SMILES string of the molecule is COC(C=O)OC(C)C=O. The molecule has 4 heteroatoms. The lowest BCUT2D eigenvalue weighted by molar-refractivity contribution is -0.163. The lowest BCUT2D eigenvalue weighted by atomic mass is 10.4. The summed E-state index contributed by atoms with van der Waals surface area (Å²) in [6.45, 7) is 1.53. The minimum Gasteiger partial charge on any atom is -0.350 e. The fourth-order valence-electron chi connectivity index (χ4n) is 0.387. The van der Waals surface area contributed by atoms with Gasteiger partial charge in [0.25, 0.3) is 0 Å². The van der Waals surface area contributed by atoms with E-state index in [-0.39, 0.29) is 0 Å². The van der Waals surface area contributed by atoms with E-state index < -0.39 is 12.4 Å². The van der Waals surface area contributed by atoms with Crippen molar-refractivity contribution < 1.29 is 19.1 Å². The van der Waals surface area contributed by atoms with Gasteiger partial charge in [0, 0.05) is 7.11 Å². The van der Waals surface area contributed by atoms with Crippen molar-refractivity contribution in [2.24, 2.45) is 0 Å². The van der Waals surface area contributed by atoms with Crippen molar-refractivity contribution in [1.82, 2.24) is 0 Å². The zero-order valence-corrected chi connectivity index (χ0v) is 5.94. The quantitative estimate of drug-likeness (QED) is 0.397. The first kappa shape index (κ1) is 9.26. The molecule has 0 aromatic heterocycles. The van der Waals surface area contributed by atoms with Gasteiger partial charge in [0.2, 0.25) is 6.29 Å². The average molecular weight is 146 g/mol. The van der Waals surface area contributed by atoms with Crippen LogP contribution in [-0.2, 0) is 19.1 Å². The normalized spacial score (nSPS) is 15.8. The minimum absolute atomic E-state index is 0.486. The molecule has 0 rings (SSSR count). The van der Waals surface area contributed by atoms with Crippen LogP contribution in [0.1, 0.15) is 6.92 Å². The Balaban J connectivity index is 3.61. The molecule has 4 nitrogen and oxygen atoms in total. The summed E-state index contributed by atoms with van der Waals surface area (Å²) in [5.74, 6) is 0.